The monoisotopic (exact) mass is 222 g/mol. The number of anilines is 1. The standard InChI is InChI=1S/C13H19FN2/c1-13(2)7-8-16(9-12(13)15)11-5-3-10(14)4-6-11/h3-6,12H,7-9,15H2,1-2H3. The van der Waals surface area contributed by atoms with Crippen molar-refractivity contribution in [3.05, 3.63) is 30.1 Å². The highest BCUT2D eigenvalue weighted by Gasteiger charge is 2.32. The van der Waals surface area contributed by atoms with Crippen molar-refractivity contribution in [2.45, 2.75) is 26.3 Å². The van der Waals surface area contributed by atoms with Gasteiger partial charge in [0.05, 0.1) is 0 Å². The zero-order valence-electron chi connectivity index (χ0n) is 9.91. The van der Waals surface area contributed by atoms with Crippen LogP contribution in [0.25, 0.3) is 0 Å². The number of nitrogens with two attached hydrogens (primary N) is 1. The van der Waals surface area contributed by atoms with E-state index in [9.17, 15) is 4.39 Å². The molecule has 2 nitrogen and oxygen atoms in total. The lowest BCUT2D eigenvalue weighted by molar-refractivity contribution is 0.235. The molecule has 2 rings (SSSR count). The van der Waals surface area contributed by atoms with E-state index in [1.165, 1.54) is 12.1 Å². The molecular weight excluding hydrogens is 203 g/mol. The van der Waals surface area contributed by atoms with Gasteiger partial charge in [0.15, 0.2) is 0 Å². The summed E-state index contributed by atoms with van der Waals surface area (Å²) >= 11 is 0. The molecule has 16 heavy (non-hydrogen) atoms. The summed E-state index contributed by atoms with van der Waals surface area (Å²) in [6.45, 7) is 6.25. The zero-order valence-corrected chi connectivity index (χ0v) is 9.91. The van der Waals surface area contributed by atoms with Gasteiger partial charge >= 0.3 is 0 Å². The van der Waals surface area contributed by atoms with Crippen LogP contribution in [0.5, 0.6) is 0 Å². The van der Waals surface area contributed by atoms with Crippen LogP contribution in [0.2, 0.25) is 0 Å². The van der Waals surface area contributed by atoms with Crippen LogP contribution >= 0.6 is 0 Å². The summed E-state index contributed by atoms with van der Waals surface area (Å²) < 4.78 is 12.8. The van der Waals surface area contributed by atoms with Gasteiger partial charge in [-0.2, -0.15) is 0 Å². The normalized spacial score (nSPS) is 24.5. The van der Waals surface area contributed by atoms with E-state index < -0.39 is 0 Å². The molecule has 1 atom stereocenters. The molecule has 3 heteroatoms. The first-order valence-corrected chi connectivity index (χ1v) is 5.75. The number of piperidine rings is 1. The SMILES string of the molecule is CC1(C)CCN(c2ccc(F)cc2)CC1N. The van der Waals surface area contributed by atoms with Crippen molar-refractivity contribution in [1.82, 2.24) is 0 Å². The summed E-state index contributed by atoms with van der Waals surface area (Å²) in [4.78, 5) is 2.23. The highest BCUT2D eigenvalue weighted by molar-refractivity contribution is 5.47. The molecule has 0 saturated carbocycles. The Balaban J connectivity index is 2.10. The molecule has 0 radical (unpaired) electrons. The Hall–Kier alpha value is -1.09. The van der Waals surface area contributed by atoms with Crippen molar-refractivity contribution < 1.29 is 4.39 Å². The van der Waals surface area contributed by atoms with Crippen molar-refractivity contribution >= 4 is 5.69 Å². The molecule has 1 heterocycles. The molecule has 1 aliphatic heterocycles. The average molecular weight is 222 g/mol. The fraction of sp³-hybridized carbons (Fsp3) is 0.538. The topological polar surface area (TPSA) is 29.3 Å². The maximum absolute atomic E-state index is 12.8. The number of rotatable bonds is 1. The lowest BCUT2D eigenvalue weighted by atomic mass is 9.78. The van der Waals surface area contributed by atoms with Crippen molar-refractivity contribution in [2.24, 2.45) is 11.1 Å². The van der Waals surface area contributed by atoms with Gasteiger partial charge in [-0.3, -0.25) is 0 Å². The number of benzene rings is 1. The number of hydrogen-bond acceptors (Lipinski definition) is 2. The zero-order chi connectivity index (χ0) is 11.8. The van der Waals surface area contributed by atoms with Gasteiger partial charge in [-0.1, -0.05) is 13.8 Å². The van der Waals surface area contributed by atoms with Crippen LogP contribution < -0.4 is 10.6 Å². The quantitative estimate of drug-likeness (QED) is 0.790. The molecule has 1 aliphatic rings. The Morgan fingerprint density at radius 2 is 1.94 bits per heavy atom. The summed E-state index contributed by atoms with van der Waals surface area (Å²) in [5, 5.41) is 0. The minimum atomic E-state index is -0.189. The van der Waals surface area contributed by atoms with E-state index in [0.717, 1.165) is 25.2 Å². The molecule has 0 amide bonds. The third-order valence-corrected chi connectivity index (χ3v) is 3.64. The molecule has 1 saturated heterocycles. The average Bonchev–Trinajstić information content (AvgIpc) is 2.24. The van der Waals surface area contributed by atoms with Crippen LogP contribution in [0, 0.1) is 11.2 Å². The van der Waals surface area contributed by atoms with Crippen molar-refractivity contribution in [3.8, 4) is 0 Å². The molecule has 1 aromatic carbocycles. The Morgan fingerprint density at radius 1 is 1.31 bits per heavy atom. The van der Waals surface area contributed by atoms with Gasteiger partial charge in [0.25, 0.3) is 0 Å². The fourth-order valence-electron chi connectivity index (χ4n) is 2.07. The molecule has 0 spiro atoms. The molecule has 88 valence electrons. The van der Waals surface area contributed by atoms with Crippen LogP contribution in [0.3, 0.4) is 0 Å². The van der Waals surface area contributed by atoms with Gasteiger partial charge in [-0.15, -0.1) is 0 Å². The third-order valence-electron chi connectivity index (χ3n) is 3.64. The van der Waals surface area contributed by atoms with Gasteiger partial charge in [-0.25, -0.2) is 4.39 Å². The van der Waals surface area contributed by atoms with Crippen molar-refractivity contribution in [3.63, 3.8) is 0 Å². The molecule has 0 aliphatic carbocycles. The molecule has 1 fully saturated rings. The number of nitrogens with zero attached hydrogens (tertiary/aromatic N) is 1. The maximum atomic E-state index is 12.8. The Labute approximate surface area is 96.2 Å². The van der Waals surface area contributed by atoms with Crippen LogP contribution in [-0.2, 0) is 0 Å². The largest absolute Gasteiger partial charge is 0.370 e. The first-order valence-electron chi connectivity index (χ1n) is 5.75. The Bertz CT molecular complexity index is 359. The van der Waals surface area contributed by atoms with E-state index in [1.54, 1.807) is 0 Å². The molecule has 2 N–H and O–H groups in total. The highest BCUT2D eigenvalue weighted by atomic mass is 19.1. The smallest absolute Gasteiger partial charge is 0.123 e. The van der Waals surface area contributed by atoms with Crippen LogP contribution in [0.15, 0.2) is 24.3 Å². The van der Waals surface area contributed by atoms with Gasteiger partial charge in [-0.05, 0) is 36.1 Å². The third kappa shape index (κ3) is 2.19. The van der Waals surface area contributed by atoms with Crippen LogP contribution in [-0.4, -0.2) is 19.1 Å². The first-order chi connectivity index (χ1) is 7.49. The minimum absolute atomic E-state index is 0.173. The van der Waals surface area contributed by atoms with Crippen LogP contribution in [0.4, 0.5) is 10.1 Å². The predicted molar refractivity (Wildman–Crippen MR) is 65.0 cm³/mol. The van der Waals surface area contributed by atoms with E-state index in [4.69, 9.17) is 5.73 Å². The Morgan fingerprint density at radius 3 is 2.50 bits per heavy atom. The van der Waals surface area contributed by atoms with Gasteiger partial charge in [0.1, 0.15) is 5.82 Å². The predicted octanol–water partition coefficient (Wildman–Crippen LogP) is 2.39. The summed E-state index contributed by atoms with van der Waals surface area (Å²) in [5.74, 6) is -0.189. The van der Waals surface area contributed by atoms with E-state index >= 15 is 0 Å². The molecule has 1 aromatic rings. The lowest BCUT2D eigenvalue weighted by Crippen LogP contribution is -2.52. The fourth-order valence-corrected chi connectivity index (χ4v) is 2.07. The van der Waals surface area contributed by atoms with E-state index in [2.05, 4.69) is 18.7 Å². The van der Waals surface area contributed by atoms with E-state index in [-0.39, 0.29) is 17.3 Å². The number of hydrogen-bond donors (Lipinski definition) is 1. The summed E-state index contributed by atoms with van der Waals surface area (Å²) in [5.41, 5.74) is 7.42. The van der Waals surface area contributed by atoms with Gasteiger partial charge < -0.3 is 10.6 Å². The summed E-state index contributed by atoms with van der Waals surface area (Å²) in [6.07, 6.45) is 1.07. The second kappa shape index (κ2) is 4.06. The van der Waals surface area contributed by atoms with Crippen molar-refractivity contribution in [2.75, 3.05) is 18.0 Å². The Kier molecular flexibility index (Phi) is 2.89. The molecule has 1 unspecified atom stereocenters. The summed E-state index contributed by atoms with van der Waals surface area (Å²) in [7, 11) is 0. The van der Waals surface area contributed by atoms with E-state index in [0.29, 0.717) is 0 Å². The van der Waals surface area contributed by atoms with Crippen LogP contribution in [0.1, 0.15) is 20.3 Å². The number of halogens is 1. The van der Waals surface area contributed by atoms with Gasteiger partial charge in [0.2, 0.25) is 0 Å². The molecule has 0 bridgehead atoms. The van der Waals surface area contributed by atoms with Crippen molar-refractivity contribution in [1.29, 1.82) is 0 Å². The highest BCUT2D eigenvalue weighted by Crippen LogP contribution is 2.31. The molecule has 0 aromatic heterocycles. The summed E-state index contributed by atoms with van der Waals surface area (Å²) in [6, 6.07) is 6.81. The second-order valence-corrected chi connectivity index (χ2v) is 5.27. The minimum Gasteiger partial charge on any atom is -0.370 e. The second-order valence-electron chi connectivity index (χ2n) is 5.27. The maximum Gasteiger partial charge on any atom is 0.123 e. The first kappa shape index (κ1) is 11.4. The lowest BCUT2D eigenvalue weighted by Gasteiger charge is -2.43. The van der Waals surface area contributed by atoms with E-state index in [1.807, 2.05) is 12.1 Å². The van der Waals surface area contributed by atoms with Gasteiger partial charge in [0, 0.05) is 24.8 Å². The molecular formula is C13H19FN2.